The lowest BCUT2D eigenvalue weighted by atomic mass is 9.94. The molecule has 3 N–H and O–H groups in total. The molecule has 0 saturated heterocycles. The van der Waals surface area contributed by atoms with E-state index < -0.39 is 0 Å². The molecule has 0 saturated carbocycles. The number of anilines is 1. The van der Waals surface area contributed by atoms with Gasteiger partial charge in [0.2, 0.25) is 0 Å². The van der Waals surface area contributed by atoms with E-state index in [9.17, 15) is 0 Å². The molecule has 4 rings (SSSR count). The minimum absolute atomic E-state index is 0.540. The lowest BCUT2D eigenvalue weighted by molar-refractivity contribution is -0.906. The Balaban J connectivity index is 1.97. The first-order valence-corrected chi connectivity index (χ1v) is 11.2. The summed E-state index contributed by atoms with van der Waals surface area (Å²) in [6.45, 7) is 8.85. The van der Waals surface area contributed by atoms with Gasteiger partial charge in [-0.25, -0.2) is 0 Å². The summed E-state index contributed by atoms with van der Waals surface area (Å²) < 4.78 is 3.49. The monoisotopic (exact) mass is 413 g/mol. The summed E-state index contributed by atoms with van der Waals surface area (Å²) in [4.78, 5) is 0. The molecule has 1 aliphatic heterocycles. The summed E-state index contributed by atoms with van der Waals surface area (Å²) in [5, 5.41) is 11.2. The van der Waals surface area contributed by atoms with Crippen LogP contribution in [0.25, 0.3) is 33.3 Å². The van der Waals surface area contributed by atoms with E-state index in [1.807, 2.05) is 18.2 Å². The Bertz CT molecular complexity index is 1220. The zero-order chi connectivity index (χ0) is 22.0. The van der Waals surface area contributed by atoms with Crippen LogP contribution in [0.3, 0.4) is 0 Å². The van der Waals surface area contributed by atoms with Crippen LogP contribution in [0.1, 0.15) is 20.3 Å². The number of nitrogens with zero attached hydrogens (tertiary/aromatic N) is 2. The fourth-order valence-corrected chi connectivity index (χ4v) is 4.53. The van der Waals surface area contributed by atoms with Gasteiger partial charge in [-0.15, -0.1) is 0 Å². The first-order valence-electron chi connectivity index (χ1n) is 11.2. The number of hydrogen-bond donors (Lipinski definition) is 2. The molecule has 4 nitrogen and oxygen atoms in total. The third-order valence-corrected chi connectivity index (χ3v) is 6.80. The summed E-state index contributed by atoms with van der Waals surface area (Å²) in [6.07, 6.45) is 1.08. The van der Waals surface area contributed by atoms with Crippen LogP contribution in [-0.4, -0.2) is 35.7 Å². The van der Waals surface area contributed by atoms with Crippen LogP contribution >= 0.6 is 0 Å². The molecule has 4 heteroatoms. The Labute approximate surface area is 185 Å². The number of nitrogens with one attached hydrogen (secondary N) is 1. The fourth-order valence-electron chi connectivity index (χ4n) is 4.53. The molecule has 1 heterocycles. The molecule has 0 atom stereocenters. The molecule has 0 spiro atoms. The van der Waals surface area contributed by atoms with Crippen LogP contribution in [0.2, 0.25) is 0 Å². The Morgan fingerprint density at radius 2 is 1.65 bits per heavy atom. The molecular formula is C27H33N4+. The highest BCUT2D eigenvalue weighted by Gasteiger charge is 2.20. The van der Waals surface area contributed by atoms with Gasteiger partial charge >= 0.3 is 0 Å². The highest BCUT2D eigenvalue weighted by molar-refractivity contribution is 6.05. The van der Waals surface area contributed by atoms with Crippen LogP contribution in [0, 0.1) is 5.41 Å². The SMILES string of the molecule is CC[N+](C)(CC)CCCn1c2cc(=N)ccc-2c2ccc(N)cc2c1-c1ccccc1. The second-order valence-corrected chi connectivity index (χ2v) is 8.73. The van der Waals surface area contributed by atoms with Crippen molar-refractivity contribution in [1.29, 1.82) is 5.41 Å². The average molecular weight is 414 g/mol. The molecule has 1 aliphatic carbocycles. The first-order chi connectivity index (χ1) is 15.0. The van der Waals surface area contributed by atoms with Gasteiger partial charge in [0.15, 0.2) is 0 Å². The Morgan fingerprint density at radius 1 is 0.903 bits per heavy atom. The molecule has 0 fully saturated rings. The number of aromatic nitrogens is 1. The topological polar surface area (TPSA) is 54.8 Å². The number of pyridine rings is 1. The number of quaternary nitrogens is 1. The minimum atomic E-state index is 0.540. The van der Waals surface area contributed by atoms with Crippen molar-refractivity contribution in [1.82, 2.24) is 4.57 Å². The number of nitrogen functional groups attached to an aromatic ring is 1. The molecule has 0 aromatic heterocycles. The molecule has 0 unspecified atom stereocenters. The van der Waals surface area contributed by atoms with Crippen LogP contribution in [0.5, 0.6) is 0 Å². The maximum absolute atomic E-state index is 8.29. The standard InChI is InChI=1S/C27H33N4/c1-4-31(3,5-2)17-9-16-30-26-19-22(29)13-15-24(26)23-14-12-21(28)18-25(23)27(30)20-10-7-6-8-11-20/h6-8,10-15,18-19,29H,4-5,9,16-17,28H2,1-3H3/q+1. The zero-order valence-corrected chi connectivity index (χ0v) is 18.9. The van der Waals surface area contributed by atoms with Gasteiger partial charge in [0, 0.05) is 29.6 Å². The highest BCUT2D eigenvalue weighted by atomic mass is 15.3. The Kier molecular flexibility index (Phi) is 5.84. The van der Waals surface area contributed by atoms with E-state index in [0.717, 1.165) is 48.5 Å². The maximum Gasteiger partial charge on any atom is 0.0801 e. The number of hydrogen-bond acceptors (Lipinski definition) is 2. The molecule has 0 bridgehead atoms. The molecule has 2 aliphatic rings. The molecule has 160 valence electrons. The zero-order valence-electron chi connectivity index (χ0n) is 18.9. The summed E-state index contributed by atoms with van der Waals surface area (Å²) in [6, 6.07) is 22.7. The lowest BCUT2D eigenvalue weighted by Crippen LogP contribution is -2.44. The van der Waals surface area contributed by atoms with Crippen molar-refractivity contribution >= 4 is 16.5 Å². The second-order valence-electron chi connectivity index (χ2n) is 8.73. The lowest BCUT2D eigenvalue weighted by Gasteiger charge is -2.33. The largest absolute Gasteiger partial charge is 0.399 e. The van der Waals surface area contributed by atoms with Crippen LogP contribution in [0.15, 0.2) is 66.7 Å². The smallest absolute Gasteiger partial charge is 0.0801 e. The van der Waals surface area contributed by atoms with Crippen molar-refractivity contribution in [3.63, 3.8) is 0 Å². The van der Waals surface area contributed by atoms with E-state index in [2.05, 4.69) is 74.0 Å². The highest BCUT2D eigenvalue weighted by Crippen LogP contribution is 2.39. The molecule has 2 aromatic carbocycles. The average Bonchev–Trinajstić information content (AvgIpc) is 2.79. The summed E-state index contributed by atoms with van der Waals surface area (Å²) in [5.74, 6) is 0. The summed E-state index contributed by atoms with van der Waals surface area (Å²) in [7, 11) is 2.34. The van der Waals surface area contributed by atoms with Gasteiger partial charge in [0.25, 0.3) is 0 Å². The molecule has 2 aromatic rings. The van der Waals surface area contributed by atoms with E-state index in [1.165, 1.54) is 27.6 Å². The van der Waals surface area contributed by atoms with Crippen molar-refractivity contribution in [2.24, 2.45) is 0 Å². The number of rotatable bonds is 7. The first kappa shape index (κ1) is 21.1. The maximum atomic E-state index is 8.29. The van der Waals surface area contributed by atoms with E-state index in [4.69, 9.17) is 11.1 Å². The van der Waals surface area contributed by atoms with Gasteiger partial charge in [-0.05, 0) is 49.1 Å². The van der Waals surface area contributed by atoms with Crippen LogP contribution in [-0.2, 0) is 6.54 Å². The minimum Gasteiger partial charge on any atom is -0.399 e. The van der Waals surface area contributed by atoms with Crippen molar-refractivity contribution in [3.05, 3.63) is 72.1 Å². The third kappa shape index (κ3) is 4.08. The van der Waals surface area contributed by atoms with Crippen molar-refractivity contribution in [2.45, 2.75) is 26.8 Å². The van der Waals surface area contributed by atoms with E-state index >= 15 is 0 Å². The van der Waals surface area contributed by atoms with Gasteiger partial charge in [0.05, 0.1) is 43.4 Å². The van der Waals surface area contributed by atoms with Gasteiger partial charge in [-0.1, -0.05) is 42.5 Å². The molecule has 0 radical (unpaired) electrons. The second kappa shape index (κ2) is 8.56. The van der Waals surface area contributed by atoms with Crippen molar-refractivity contribution < 1.29 is 4.48 Å². The third-order valence-electron chi connectivity index (χ3n) is 6.80. The Morgan fingerprint density at radius 3 is 2.35 bits per heavy atom. The van der Waals surface area contributed by atoms with Gasteiger partial charge in [-0.2, -0.15) is 0 Å². The van der Waals surface area contributed by atoms with Gasteiger partial charge < -0.3 is 20.2 Å². The van der Waals surface area contributed by atoms with Crippen LogP contribution in [0.4, 0.5) is 5.69 Å². The van der Waals surface area contributed by atoms with E-state index in [-0.39, 0.29) is 0 Å². The summed E-state index contributed by atoms with van der Waals surface area (Å²) >= 11 is 0. The predicted molar refractivity (Wildman–Crippen MR) is 131 cm³/mol. The molecule has 31 heavy (non-hydrogen) atoms. The van der Waals surface area contributed by atoms with Gasteiger partial charge in [-0.3, -0.25) is 0 Å². The number of benzene rings is 3. The van der Waals surface area contributed by atoms with Gasteiger partial charge in [0.1, 0.15) is 0 Å². The van der Waals surface area contributed by atoms with E-state index in [1.54, 1.807) is 0 Å². The number of nitrogens with two attached hydrogens (primary N) is 1. The Hall–Kier alpha value is -3.11. The normalized spacial score (nSPS) is 12.0. The summed E-state index contributed by atoms with van der Waals surface area (Å²) in [5.41, 5.74) is 11.7. The number of fused-ring (bicyclic) bond motifs is 3. The fraction of sp³-hybridized carbons (Fsp3) is 0.296. The predicted octanol–water partition coefficient (Wildman–Crippen LogP) is 5.35. The van der Waals surface area contributed by atoms with Crippen molar-refractivity contribution in [3.8, 4) is 22.5 Å². The molecule has 0 amide bonds. The van der Waals surface area contributed by atoms with E-state index in [0.29, 0.717) is 5.36 Å². The van der Waals surface area contributed by atoms with Crippen LogP contribution < -0.4 is 11.1 Å². The quantitative estimate of drug-likeness (QED) is 0.239. The van der Waals surface area contributed by atoms with Crippen molar-refractivity contribution in [2.75, 3.05) is 32.4 Å². The molecular weight excluding hydrogens is 380 g/mol.